The van der Waals surface area contributed by atoms with E-state index in [9.17, 15) is 14.4 Å². The minimum absolute atomic E-state index is 0.274. The van der Waals surface area contributed by atoms with Gasteiger partial charge in [0, 0.05) is 0 Å². The third-order valence-corrected chi connectivity index (χ3v) is 6.18. The zero-order valence-corrected chi connectivity index (χ0v) is 16.8. The third-order valence-electron chi connectivity index (χ3n) is 6.18. The lowest BCUT2D eigenvalue weighted by molar-refractivity contribution is -0.130. The van der Waals surface area contributed by atoms with Crippen LogP contribution in [0.3, 0.4) is 0 Å². The Labute approximate surface area is 178 Å². The number of benzene rings is 2. The van der Waals surface area contributed by atoms with Gasteiger partial charge in [-0.05, 0) is 60.6 Å². The van der Waals surface area contributed by atoms with Gasteiger partial charge in [-0.15, -0.1) is 0 Å². The molecule has 5 rings (SSSR count). The van der Waals surface area contributed by atoms with Crippen molar-refractivity contribution in [1.82, 2.24) is 10.4 Å². The maximum Gasteiger partial charge on any atom is 0.262 e. The number of hydroxylamine groups is 1. The maximum absolute atomic E-state index is 13.5. The van der Waals surface area contributed by atoms with E-state index >= 15 is 0 Å². The van der Waals surface area contributed by atoms with Gasteiger partial charge < -0.3 is 9.47 Å². The molecule has 2 aliphatic heterocycles. The number of amides is 3. The van der Waals surface area contributed by atoms with Gasteiger partial charge in [-0.2, -0.15) is 0 Å². The van der Waals surface area contributed by atoms with E-state index in [-0.39, 0.29) is 6.42 Å². The van der Waals surface area contributed by atoms with Crippen LogP contribution in [0.5, 0.6) is 11.5 Å². The predicted molar refractivity (Wildman–Crippen MR) is 108 cm³/mol. The summed E-state index contributed by atoms with van der Waals surface area (Å²) in [6, 6.07) is 7.85. The average molecular weight is 422 g/mol. The van der Waals surface area contributed by atoms with Gasteiger partial charge in [0.05, 0.1) is 23.6 Å². The van der Waals surface area contributed by atoms with Gasteiger partial charge in [0.15, 0.2) is 11.5 Å². The van der Waals surface area contributed by atoms with E-state index < -0.39 is 23.8 Å². The second-order valence-corrected chi connectivity index (χ2v) is 7.97. The fraction of sp³-hybridized carbons (Fsp3) is 0.348. The number of nitrogens with one attached hydrogen (secondary N) is 1. The number of imide groups is 1. The normalized spacial score (nSPS) is 17.8. The quantitative estimate of drug-likeness (QED) is 0.446. The molecule has 2 aromatic rings. The van der Waals surface area contributed by atoms with E-state index in [4.69, 9.17) is 14.7 Å². The Morgan fingerprint density at radius 1 is 1.03 bits per heavy atom. The van der Waals surface area contributed by atoms with Crippen molar-refractivity contribution in [2.75, 3.05) is 13.2 Å². The second kappa shape index (κ2) is 7.70. The van der Waals surface area contributed by atoms with Crippen molar-refractivity contribution in [3.8, 4) is 11.5 Å². The number of aryl methyl sites for hydroxylation is 1. The monoisotopic (exact) mass is 422 g/mol. The first-order chi connectivity index (χ1) is 15.1. The van der Waals surface area contributed by atoms with Crippen molar-refractivity contribution in [1.29, 1.82) is 0 Å². The third kappa shape index (κ3) is 3.23. The van der Waals surface area contributed by atoms with Crippen LogP contribution in [-0.4, -0.2) is 41.0 Å². The Hall–Kier alpha value is -3.39. The molecule has 1 atom stereocenters. The van der Waals surface area contributed by atoms with Crippen LogP contribution < -0.4 is 15.0 Å². The highest BCUT2D eigenvalue weighted by Gasteiger charge is 2.43. The summed E-state index contributed by atoms with van der Waals surface area (Å²) in [5.41, 5.74) is 5.04. The van der Waals surface area contributed by atoms with Gasteiger partial charge in [0.25, 0.3) is 11.8 Å². The summed E-state index contributed by atoms with van der Waals surface area (Å²) in [6.07, 6.45) is 3.42. The zero-order chi connectivity index (χ0) is 21.5. The van der Waals surface area contributed by atoms with Crippen molar-refractivity contribution in [3.05, 3.63) is 58.1 Å². The van der Waals surface area contributed by atoms with Gasteiger partial charge in [0.2, 0.25) is 5.91 Å². The lowest BCUT2D eigenvalue weighted by Gasteiger charge is -2.27. The molecule has 1 aliphatic carbocycles. The standard InChI is InChI=1S/C23H22N2O6/c26-20(24-29)12-17(14-6-8-18-19(11-14)31-10-9-30-18)25-22(27)16-7-5-13-3-1-2-4-15(13)21(16)23(25)28/h5-8,11,17,29H,1-4,9-10,12H2,(H,24,26). The molecule has 0 fully saturated rings. The molecule has 1 unspecified atom stereocenters. The van der Waals surface area contributed by atoms with Crippen LogP contribution in [0.15, 0.2) is 30.3 Å². The summed E-state index contributed by atoms with van der Waals surface area (Å²) >= 11 is 0. The van der Waals surface area contributed by atoms with Crippen LogP contribution in [0.25, 0.3) is 0 Å². The van der Waals surface area contributed by atoms with Crippen LogP contribution in [-0.2, 0) is 17.6 Å². The Balaban J connectivity index is 1.57. The molecule has 0 saturated carbocycles. The molecular weight excluding hydrogens is 400 g/mol. The molecule has 3 amide bonds. The van der Waals surface area contributed by atoms with Gasteiger partial charge in [-0.25, -0.2) is 5.48 Å². The van der Waals surface area contributed by atoms with Gasteiger partial charge in [-0.3, -0.25) is 24.5 Å². The molecule has 2 heterocycles. The van der Waals surface area contributed by atoms with Crippen molar-refractivity contribution in [2.24, 2.45) is 0 Å². The zero-order valence-electron chi connectivity index (χ0n) is 16.8. The van der Waals surface area contributed by atoms with Crippen molar-refractivity contribution in [2.45, 2.75) is 38.1 Å². The number of fused-ring (bicyclic) bond motifs is 4. The summed E-state index contributed by atoms with van der Waals surface area (Å²) in [4.78, 5) is 40.1. The summed E-state index contributed by atoms with van der Waals surface area (Å²) in [5.74, 6) is -0.467. The Morgan fingerprint density at radius 2 is 1.81 bits per heavy atom. The average Bonchev–Trinajstić information content (AvgIpc) is 3.07. The lowest BCUT2D eigenvalue weighted by Crippen LogP contribution is -2.37. The highest BCUT2D eigenvalue weighted by molar-refractivity contribution is 6.22. The largest absolute Gasteiger partial charge is 0.486 e. The summed E-state index contributed by atoms with van der Waals surface area (Å²) < 4.78 is 11.2. The Kier molecular flexibility index (Phi) is 4.86. The topological polar surface area (TPSA) is 105 Å². The molecule has 8 nitrogen and oxygen atoms in total. The van der Waals surface area contributed by atoms with Crippen molar-refractivity contribution < 1.29 is 29.1 Å². The molecule has 31 heavy (non-hydrogen) atoms. The SMILES string of the molecule is O=C(CC(c1ccc2c(c1)OCCO2)N1C(=O)c2ccc3c(c2C1=O)CCCC3)NO. The molecule has 0 bridgehead atoms. The van der Waals surface area contributed by atoms with Crippen molar-refractivity contribution in [3.63, 3.8) is 0 Å². The van der Waals surface area contributed by atoms with Crippen LogP contribution in [0, 0.1) is 0 Å². The first-order valence-electron chi connectivity index (χ1n) is 10.4. The Morgan fingerprint density at radius 3 is 2.61 bits per heavy atom. The molecule has 3 aliphatic rings. The molecule has 2 N–H and O–H groups in total. The first kappa shape index (κ1) is 19.6. The highest BCUT2D eigenvalue weighted by Crippen LogP contribution is 2.40. The second-order valence-electron chi connectivity index (χ2n) is 7.97. The smallest absolute Gasteiger partial charge is 0.262 e. The minimum atomic E-state index is -0.894. The minimum Gasteiger partial charge on any atom is -0.486 e. The molecule has 0 aromatic heterocycles. The van der Waals surface area contributed by atoms with E-state index in [1.807, 2.05) is 6.07 Å². The number of carbonyl (C=O) groups is 3. The fourth-order valence-electron chi connectivity index (χ4n) is 4.72. The number of nitrogens with zero attached hydrogens (tertiary/aromatic N) is 1. The van der Waals surface area contributed by atoms with Gasteiger partial charge in [-0.1, -0.05) is 12.1 Å². The number of ether oxygens (including phenoxy) is 2. The number of hydrogen-bond donors (Lipinski definition) is 2. The van der Waals surface area contributed by atoms with Crippen LogP contribution in [0.2, 0.25) is 0 Å². The van der Waals surface area contributed by atoms with Crippen molar-refractivity contribution >= 4 is 17.7 Å². The summed E-state index contributed by atoms with van der Waals surface area (Å²) in [5, 5.41) is 9.10. The van der Waals surface area contributed by atoms with Gasteiger partial charge in [0.1, 0.15) is 13.2 Å². The van der Waals surface area contributed by atoms with Gasteiger partial charge >= 0.3 is 0 Å². The maximum atomic E-state index is 13.5. The summed E-state index contributed by atoms with van der Waals surface area (Å²) in [7, 11) is 0. The van der Waals surface area contributed by atoms with E-state index in [0.717, 1.165) is 41.7 Å². The lowest BCUT2D eigenvalue weighted by atomic mass is 9.86. The molecule has 0 spiro atoms. The number of carbonyl (C=O) groups excluding carboxylic acids is 3. The first-order valence-corrected chi connectivity index (χ1v) is 10.4. The molecule has 160 valence electrons. The molecular formula is C23H22N2O6. The number of hydrogen-bond acceptors (Lipinski definition) is 6. The summed E-state index contributed by atoms with van der Waals surface area (Å²) in [6.45, 7) is 0.823. The Bertz CT molecular complexity index is 1100. The number of rotatable bonds is 4. The van der Waals surface area contributed by atoms with E-state index in [1.165, 1.54) is 0 Å². The predicted octanol–water partition coefficient (Wildman–Crippen LogP) is 2.57. The van der Waals surface area contributed by atoms with E-state index in [1.54, 1.807) is 29.7 Å². The highest BCUT2D eigenvalue weighted by atomic mass is 16.6. The van der Waals surface area contributed by atoms with E-state index in [0.29, 0.717) is 41.4 Å². The molecule has 8 heteroatoms. The van der Waals surface area contributed by atoms with Crippen LogP contribution in [0.4, 0.5) is 0 Å². The molecule has 2 aromatic carbocycles. The van der Waals surface area contributed by atoms with E-state index in [2.05, 4.69) is 0 Å². The van der Waals surface area contributed by atoms with Crippen LogP contribution >= 0.6 is 0 Å². The molecule has 0 radical (unpaired) electrons. The van der Waals surface area contributed by atoms with Crippen LogP contribution in [0.1, 0.15) is 62.7 Å². The molecule has 0 saturated heterocycles. The fourth-order valence-corrected chi connectivity index (χ4v) is 4.72.